The van der Waals surface area contributed by atoms with E-state index in [4.69, 9.17) is 0 Å². The van der Waals surface area contributed by atoms with Gasteiger partial charge in [0.2, 0.25) is 0 Å². The topological polar surface area (TPSA) is 37.8 Å². The molecule has 2 aromatic rings. The fourth-order valence-corrected chi connectivity index (χ4v) is 2.44. The molecule has 106 valence electrons. The third kappa shape index (κ3) is 3.05. The van der Waals surface area contributed by atoms with Gasteiger partial charge in [-0.15, -0.1) is 0 Å². The molecule has 0 saturated heterocycles. The van der Waals surface area contributed by atoms with Gasteiger partial charge in [0, 0.05) is 0 Å². The van der Waals surface area contributed by atoms with Gasteiger partial charge in [0.1, 0.15) is 0 Å². The molecule has 3 nitrogen and oxygen atoms in total. The van der Waals surface area contributed by atoms with E-state index in [1.165, 1.54) is 16.7 Å². The summed E-state index contributed by atoms with van der Waals surface area (Å²) in [7, 11) is 1.98. The van der Waals surface area contributed by atoms with E-state index in [0.29, 0.717) is 5.92 Å². The number of benzene rings is 1. The van der Waals surface area contributed by atoms with Crippen molar-refractivity contribution in [3.8, 4) is 0 Å². The van der Waals surface area contributed by atoms with Crippen molar-refractivity contribution >= 4 is 0 Å². The fraction of sp³-hybridized carbons (Fsp3) is 0.412. The van der Waals surface area contributed by atoms with Crippen LogP contribution in [0.4, 0.5) is 0 Å². The van der Waals surface area contributed by atoms with Crippen LogP contribution in [0.3, 0.4) is 0 Å². The molecule has 0 bridgehead atoms. The molecule has 20 heavy (non-hydrogen) atoms. The van der Waals surface area contributed by atoms with Crippen LogP contribution in [-0.4, -0.2) is 17.2 Å². The molecule has 0 radical (unpaired) electrons. The molecule has 1 heterocycles. The summed E-state index contributed by atoms with van der Waals surface area (Å²) in [6.45, 7) is 8.41. The van der Waals surface area contributed by atoms with Crippen LogP contribution >= 0.6 is 0 Å². The maximum absolute atomic E-state index is 4.23. The maximum atomic E-state index is 4.23. The molecule has 1 atom stereocenters. The van der Waals surface area contributed by atoms with E-state index in [1.54, 1.807) is 0 Å². The van der Waals surface area contributed by atoms with Crippen molar-refractivity contribution in [2.45, 2.75) is 39.7 Å². The second kappa shape index (κ2) is 6.14. The number of hydrogen-bond donors (Lipinski definition) is 1. The molecule has 1 aromatic carbocycles. The molecular weight excluding hydrogens is 246 g/mol. The average Bonchev–Trinajstić information content (AvgIpc) is 2.44. The van der Waals surface area contributed by atoms with Gasteiger partial charge >= 0.3 is 0 Å². The van der Waals surface area contributed by atoms with Crippen molar-refractivity contribution in [1.29, 1.82) is 0 Å². The predicted octanol–water partition coefficient (Wildman–Crippen LogP) is 3.53. The Labute approximate surface area is 121 Å². The Kier molecular flexibility index (Phi) is 4.50. The zero-order chi connectivity index (χ0) is 14.7. The Morgan fingerprint density at radius 3 is 2.10 bits per heavy atom. The van der Waals surface area contributed by atoms with Crippen molar-refractivity contribution in [1.82, 2.24) is 15.5 Å². The summed E-state index contributed by atoms with van der Waals surface area (Å²) < 4.78 is 0. The highest BCUT2D eigenvalue weighted by Gasteiger charge is 2.16. The molecule has 3 heteroatoms. The SMILES string of the molecule is CNC(c1ccc(C(C)C)cc1)c1cc(C)nnc1C. The smallest absolute Gasteiger partial charge is 0.0651 e. The lowest BCUT2D eigenvalue weighted by Gasteiger charge is -2.19. The lowest BCUT2D eigenvalue weighted by molar-refractivity contribution is 0.674. The number of rotatable bonds is 4. The van der Waals surface area contributed by atoms with E-state index in [0.717, 1.165) is 11.4 Å². The van der Waals surface area contributed by atoms with Crippen LogP contribution in [0.25, 0.3) is 0 Å². The van der Waals surface area contributed by atoms with Crippen LogP contribution in [0.5, 0.6) is 0 Å². The lowest BCUT2D eigenvalue weighted by atomic mass is 9.94. The standard InChI is InChI=1S/C17H23N3/c1-11(2)14-6-8-15(9-7-14)17(18-5)16-10-12(3)19-20-13(16)4/h6-11,17-18H,1-5H3. The highest BCUT2D eigenvalue weighted by Crippen LogP contribution is 2.25. The molecule has 0 fully saturated rings. The number of hydrogen-bond acceptors (Lipinski definition) is 3. The minimum absolute atomic E-state index is 0.158. The quantitative estimate of drug-likeness (QED) is 0.922. The van der Waals surface area contributed by atoms with Gasteiger partial charge in [-0.3, -0.25) is 0 Å². The van der Waals surface area contributed by atoms with E-state index < -0.39 is 0 Å². The third-order valence-corrected chi connectivity index (χ3v) is 3.68. The molecule has 2 rings (SSSR count). The zero-order valence-electron chi connectivity index (χ0n) is 12.9. The summed E-state index contributed by atoms with van der Waals surface area (Å²) in [5, 5.41) is 11.7. The van der Waals surface area contributed by atoms with Gasteiger partial charge < -0.3 is 5.32 Å². The first-order chi connectivity index (χ1) is 9.52. The molecule has 0 aliphatic heterocycles. The Bertz CT molecular complexity index is 573. The molecule has 0 saturated carbocycles. The highest BCUT2D eigenvalue weighted by atomic mass is 15.1. The fourth-order valence-electron chi connectivity index (χ4n) is 2.44. The van der Waals surface area contributed by atoms with Crippen molar-refractivity contribution in [3.63, 3.8) is 0 Å². The first kappa shape index (κ1) is 14.7. The number of aromatic nitrogens is 2. The van der Waals surface area contributed by atoms with Crippen molar-refractivity contribution in [2.75, 3.05) is 7.05 Å². The van der Waals surface area contributed by atoms with Gasteiger partial charge in [0.15, 0.2) is 0 Å². The van der Waals surface area contributed by atoms with Crippen LogP contribution in [0.1, 0.15) is 53.9 Å². The van der Waals surface area contributed by atoms with Crippen molar-refractivity contribution < 1.29 is 0 Å². The van der Waals surface area contributed by atoms with Crippen molar-refractivity contribution in [2.24, 2.45) is 0 Å². The zero-order valence-corrected chi connectivity index (χ0v) is 12.9. The number of nitrogens with zero attached hydrogens (tertiary/aromatic N) is 2. The van der Waals surface area contributed by atoms with Gasteiger partial charge in [-0.25, -0.2) is 0 Å². The van der Waals surface area contributed by atoms with Gasteiger partial charge in [0.05, 0.1) is 17.4 Å². The first-order valence-electron chi connectivity index (χ1n) is 7.11. The summed E-state index contributed by atoms with van der Waals surface area (Å²) in [6, 6.07) is 11.1. The summed E-state index contributed by atoms with van der Waals surface area (Å²) >= 11 is 0. The van der Waals surface area contributed by atoms with Crippen LogP contribution in [-0.2, 0) is 0 Å². The maximum Gasteiger partial charge on any atom is 0.0651 e. The van der Waals surface area contributed by atoms with Gasteiger partial charge in [-0.2, -0.15) is 10.2 Å². The van der Waals surface area contributed by atoms with Crippen LogP contribution in [0.15, 0.2) is 30.3 Å². The van der Waals surface area contributed by atoms with Gasteiger partial charge in [-0.1, -0.05) is 38.1 Å². The minimum Gasteiger partial charge on any atom is -0.309 e. The number of nitrogens with one attached hydrogen (secondary N) is 1. The second-order valence-electron chi connectivity index (χ2n) is 5.57. The molecule has 0 aliphatic carbocycles. The molecule has 0 aliphatic rings. The Balaban J connectivity index is 2.39. The average molecular weight is 269 g/mol. The lowest BCUT2D eigenvalue weighted by Crippen LogP contribution is -2.19. The Morgan fingerprint density at radius 2 is 1.55 bits per heavy atom. The molecule has 0 spiro atoms. The van der Waals surface area contributed by atoms with Crippen molar-refractivity contribution in [3.05, 3.63) is 58.4 Å². The molecule has 1 N–H and O–H groups in total. The summed E-state index contributed by atoms with van der Waals surface area (Å²) in [4.78, 5) is 0. The summed E-state index contributed by atoms with van der Waals surface area (Å²) in [6.07, 6.45) is 0. The highest BCUT2D eigenvalue weighted by molar-refractivity contribution is 5.36. The molecule has 1 unspecified atom stereocenters. The molecule has 0 amide bonds. The molecule has 1 aromatic heterocycles. The summed E-state index contributed by atoms with van der Waals surface area (Å²) in [5.41, 5.74) is 5.74. The second-order valence-corrected chi connectivity index (χ2v) is 5.57. The van der Waals surface area contributed by atoms with E-state index in [2.05, 4.69) is 59.7 Å². The largest absolute Gasteiger partial charge is 0.309 e. The monoisotopic (exact) mass is 269 g/mol. The minimum atomic E-state index is 0.158. The van der Waals surface area contributed by atoms with E-state index in [-0.39, 0.29) is 6.04 Å². The van der Waals surface area contributed by atoms with E-state index in [9.17, 15) is 0 Å². The Morgan fingerprint density at radius 1 is 0.950 bits per heavy atom. The van der Waals surface area contributed by atoms with E-state index in [1.807, 2.05) is 20.9 Å². The van der Waals surface area contributed by atoms with Crippen LogP contribution < -0.4 is 5.32 Å². The van der Waals surface area contributed by atoms with Crippen LogP contribution in [0.2, 0.25) is 0 Å². The number of aryl methyl sites for hydroxylation is 2. The predicted molar refractivity (Wildman–Crippen MR) is 82.9 cm³/mol. The third-order valence-electron chi connectivity index (χ3n) is 3.68. The molecular formula is C17H23N3. The first-order valence-corrected chi connectivity index (χ1v) is 7.11. The van der Waals surface area contributed by atoms with E-state index >= 15 is 0 Å². The van der Waals surface area contributed by atoms with Gasteiger partial charge in [0.25, 0.3) is 0 Å². The van der Waals surface area contributed by atoms with Gasteiger partial charge in [-0.05, 0) is 49.6 Å². The summed E-state index contributed by atoms with van der Waals surface area (Å²) in [5.74, 6) is 0.559. The van der Waals surface area contributed by atoms with Crippen LogP contribution in [0, 0.1) is 13.8 Å². The normalized spacial score (nSPS) is 12.7. The Hall–Kier alpha value is -1.74.